The van der Waals surface area contributed by atoms with E-state index < -0.39 is 0 Å². The minimum atomic E-state index is -0.0573. The van der Waals surface area contributed by atoms with Crippen LogP contribution in [0.25, 0.3) is 0 Å². The largest absolute Gasteiger partial charge is 0.492 e. The van der Waals surface area contributed by atoms with Crippen LogP contribution in [0.2, 0.25) is 0 Å². The number of para-hydroxylation sites is 3. The fourth-order valence-corrected chi connectivity index (χ4v) is 2.66. The minimum Gasteiger partial charge on any atom is -0.492 e. The molecule has 5 nitrogen and oxygen atoms in total. The molecule has 1 amide bonds. The predicted octanol–water partition coefficient (Wildman–Crippen LogP) is 5.32. The van der Waals surface area contributed by atoms with Crippen LogP contribution in [0.1, 0.15) is 13.3 Å². The number of hydrogen-bond acceptors (Lipinski definition) is 4. The van der Waals surface area contributed by atoms with Gasteiger partial charge in [0.15, 0.2) is 0 Å². The zero-order chi connectivity index (χ0) is 19.6. The fraction of sp³-hybridized carbons (Fsp3) is 0.174. The van der Waals surface area contributed by atoms with Crippen LogP contribution in [0.15, 0.2) is 78.9 Å². The molecular formula is C23H24N2O3. The zero-order valence-electron chi connectivity index (χ0n) is 15.9. The molecule has 3 aromatic rings. The second kappa shape index (κ2) is 10.0. The zero-order valence-corrected chi connectivity index (χ0v) is 15.9. The third-order valence-electron chi connectivity index (χ3n) is 3.97. The maximum Gasteiger partial charge on any atom is 0.226 e. The Kier molecular flexibility index (Phi) is 6.90. The highest BCUT2D eigenvalue weighted by Crippen LogP contribution is 2.24. The number of nitrogens with one attached hydrogen (secondary N) is 2. The van der Waals surface area contributed by atoms with Gasteiger partial charge in [0.05, 0.1) is 12.3 Å². The summed E-state index contributed by atoms with van der Waals surface area (Å²) in [5, 5.41) is 6.14. The maximum absolute atomic E-state index is 12.2. The molecule has 5 heteroatoms. The number of benzene rings is 3. The Labute approximate surface area is 165 Å². The Morgan fingerprint density at radius 1 is 0.857 bits per heavy atom. The molecule has 0 saturated heterocycles. The van der Waals surface area contributed by atoms with Gasteiger partial charge in [0.25, 0.3) is 0 Å². The van der Waals surface area contributed by atoms with Crippen molar-refractivity contribution in [1.82, 2.24) is 0 Å². The van der Waals surface area contributed by atoms with Gasteiger partial charge in [-0.25, -0.2) is 0 Å². The summed E-state index contributed by atoms with van der Waals surface area (Å²) >= 11 is 0. The second-order valence-electron chi connectivity index (χ2n) is 6.09. The highest BCUT2D eigenvalue weighted by Gasteiger charge is 2.05. The van der Waals surface area contributed by atoms with E-state index in [1.165, 1.54) is 0 Å². The van der Waals surface area contributed by atoms with Gasteiger partial charge in [-0.05, 0) is 55.5 Å². The predicted molar refractivity (Wildman–Crippen MR) is 112 cm³/mol. The van der Waals surface area contributed by atoms with Crippen molar-refractivity contribution < 1.29 is 14.3 Å². The third-order valence-corrected chi connectivity index (χ3v) is 3.97. The number of anilines is 2. The fourth-order valence-electron chi connectivity index (χ4n) is 2.66. The number of rotatable bonds is 9. The van der Waals surface area contributed by atoms with Gasteiger partial charge in [-0.3, -0.25) is 4.79 Å². The van der Waals surface area contributed by atoms with E-state index in [9.17, 15) is 4.79 Å². The van der Waals surface area contributed by atoms with Gasteiger partial charge in [0.1, 0.15) is 17.2 Å². The Hall–Kier alpha value is -3.47. The van der Waals surface area contributed by atoms with Crippen LogP contribution >= 0.6 is 0 Å². The summed E-state index contributed by atoms with van der Waals surface area (Å²) in [5.74, 6) is 2.23. The molecule has 0 spiro atoms. The maximum atomic E-state index is 12.2. The van der Waals surface area contributed by atoms with Crippen LogP contribution < -0.4 is 20.1 Å². The summed E-state index contributed by atoms with van der Waals surface area (Å²) in [6, 6.07) is 24.6. The van der Waals surface area contributed by atoms with Crippen molar-refractivity contribution in [2.75, 3.05) is 23.8 Å². The average molecular weight is 376 g/mol. The summed E-state index contributed by atoms with van der Waals surface area (Å²) in [5.41, 5.74) is 1.62. The normalized spacial score (nSPS) is 10.2. The highest BCUT2D eigenvalue weighted by molar-refractivity contribution is 5.91. The topological polar surface area (TPSA) is 59.6 Å². The Balaban J connectivity index is 1.46. The summed E-state index contributed by atoms with van der Waals surface area (Å²) < 4.78 is 11.3. The Morgan fingerprint density at radius 3 is 2.29 bits per heavy atom. The number of carbonyl (C=O) groups is 1. The van der Waals surface area contributed by atoms with Crippen molar-refractivity contribution in [1.29, 1.82) is 0 Å². The highest BCUT2D eigenvalue weighted by atomic mass is 16.5. The summed E-state index contributed by atoms with van der Waals surface area (Å²) in [4.78, 5) is 12.2. The quantitative estimate of drug-likeness (QED) is 0.531. The van der Waals surface area contributed by atoms with E-state index in [1.54, 1.807) is 0 Å². The molecule has 0 aliphatic carbocycles. The lowest BCUT2D eigenvalue weighted by Gasteiger charge is -2.12. The standard InChI is InChI=1S/C23H24N2O3/c1-2-27-22-11-7-6-10-21(22)24-17-16-23(26)25-18-12-14-20(15-13-18)28-19-8-4-3-5-9-19/h3-15,24H,2,16-17H2,1H3,(H,25,26). The van der Waals surface area contributed by atoms with Crippen LogP contribution in [0, 0.1) is 0 Å². The molecule has 0 unspecified atom stereocenters. The van der Waals surface area contributed by atoms with E-state index in [2.05, 4.69) is 10.6 Å². The van der Waals surface area contributed by atoms with Gasteiger partial charge in [-0.1, -0.05) is 30.3 Å². The molecule has 3 rings (SSSR count). The van der Waals surface area contributed by atoms with Gasteiger partial charge < -0.3 is 20.1 Å². The molecule has 2 N–H and O–H groups in total. The Morgan fingerprint density at radius 2 is 1.54 bits per heavy atom. The lowest BCUT2D eigenvalue weighted by Crippen LogP contribution is -2.16. The molecule has 0 radical (unpaired) electrons. The molecule has 3 aromatic carbocycles. The first-order valence-electron chi connectivity index (χ1n) is 9.33. The van der Waals surface area contributed by atoms with Gasteiger partial charge in [-0.15, -0.1) is 0 Å². The number of amides is 1. The molecule has 0 atom stereocenters. The molecule has 0 saturated carbocycles. The van der Waals surface area contributed by atoms with Gasteiger partial charge in [0, 0.05) is 18.7 Å². The molecule has 0 fully saturated rings. The lowest BCUT2D eigenvalue weighted by atomic mass is 10.2. The molecular weight excluding hydrogens is 352 g/mol. The van der Waals surface area contributed by atoms with Crippen LogP contribution in [0.4, 0.5) is 11.4 Å². The summed E-state index contributed by atoms with van der Waals surface area (Å²) in [7, 11) is 0. The number of carbonyl (C=O) groups excluding carboxylic acids is 1. The number of hydrogen-bond donors (Lipinski definition) is 2. The van der Waals surface area contributed by atoms with Crippen molar-refractivity contribution in [3.8, 4) is 17.2 Å². The minimum absolute atomic E-state index is 0.0573. The van der Waals surface area contributed by atoms with Crippen molar-refractivity contribution in [2.45, 2.75) is 13.3 Å². The smallest absolute Gasteiger partial charge is 0.226 e. The van der Waals surface area contributed by atoms with Gasteiger partial charge in [0.2, 0.25) is 5.91 Å². The average Bonchev–Trinajstić information content (AvgIpc) is 2.72. The van der Waals surface area contributed by atoms with Gasteiger partial charge >= 0.3 is 0 Å². The van der Waals surface area contributed by atoms with E-state index in [-0.39, 0.29) is 5.91 Å². The SMILES string of the molecule is CCOc1ccccc1NCCC(=O)Nc1ccc(Oc2ccccc2)cc1. The molecule has 144 valence electrons. The lowest BCUT2D eigenvalue weighted by molar-refractivity contribution is -0.115. The van der Waals surface area contributed by atoms with Crippen LogP contribution in [-0.2, 0) is 4.79 Å². The first-order valence-corrected chi connectivity index (χ1v) is 9.33. The van der Waals surface area contributed by atoms with E-state index in [1.807, 2.05) is 85.8 Å². The van der Waals surface area contributed by atoms with Crippen molar-refractivity contribution in [3.05, 3.63) is 78.9 Å². The molecule has 0 bridgehead atoms. The summed E-state index contributed by atoms with van der Waals surface area (Å²) in [6.07, 6.45) is 0.350. The third kappa shape index (κ3) is 5.77. The van der Waals surface area contributed by atoms with Crippen LogP contribution in [-0.4, -0.2) is 19.1 Å². The molecule has 0 aliphatic heterocycles. The van der Waals surface area contributed by atoms with Crippen molar-refractivity contribution in [3.63, 3.8) is 0 Å². The van der Waals surface area contributed by atoms with E-state index in [0.29, 0.717) is 19.6 Å². The monoisotopic (exact) mass is 376 g/mol. The van der Waals surface area contributed by atoms with Crippen molar-refractivity contribution >= 4 is 17.3 Å². The van der Waals surface area contributed by atoms with Crippen LogP contribution in [0.3, 0.4) is 0 Å². The Bertz CT molecular complexity index is 880. The van der Waals surface area contributed by atoms with E-state index >= 15 is 0 Å². The second-order valence-corrected chi connectivity index (χ2v) is 6.09. The van der Waals surface area contributed by atoms with E-state index in [0.717, 1.165) is 28.6 Å². The van der Waals surface area contributed by atoms with Crippen molar-refractivity contribution in [2.24, 2.45) is 0 Å². The molecule has 0 aliphatic rings. The molecule has 0 heterocycles. The first-order chi connectivity index (χ1) is 13.7. The van der Waals surface area contributed by atoms with E-state index in [4.69, 9.17) is 9.47 Å². The molecule has 0 aromatic heterocycles. The van der Waals surface area contributed by atoms with Crippen LogP contribution in [0.5, 0.6) is 17.2 Å². The summed E-state index contributed by atoms with van der Waals surface area (Å²) in [6.45, 7) is 3.06. The van der Waals surface area contributed by atoms with Gasteiger partial charge in [-0.2, -0.15) is 0 Å². The first kappa shape index (κ1) is 19.3. The molecule has 28 heavy (non-hydrogen) atoms. The number of ether oxygens (including phenoxy) is 2.